The Bertz CT molecular complexity index is 511. The Hall–Kier alpha value is -1.63. The van der Waals surface area contributed by atoms with E-state index in [1.165, 1.54) is 0 Å². The Morgan fingerprint density at radius 1 is 1.50 bits per heavy atom. The summed E-state index contributed by atoms with van der Waals surface area (Å²) in [6, 6.07) is -0.281. The Morgan fingerprint density at radius 2 is 2.15 bits per heavy atom. The second-order valence-corrected chi connectivity index (χ2v) is 6.54. The molecule has 2 atom stereocenters. The molecule has 7 heteroatoms. The average molecular weight is 297 g/mol. The van der Waals surface area contributed by atoms with Gasteiger partial charge in [0.15, 0.2) is 0 Å². The lowest BCUT2D eigenvalue weighted by molar-refractivity contribution is -0.144. The third-order valence-corrected chi connectivity index (χ3v) is 4.74. The number of carboxylic acids is 1. The van der Waals surface area contributed by atoms with Gasteiger partial charge in [-0.2, -0.15) is 0 Å². The van der Waals surface area contributed by atoms with E-state index in [0.717, 1.165) is 9.88 Å². The quantitative estimate of drug-likeness (QED) is 0.889. The van der Waals surface area contributed by atoms with E-state index < -0.39 is 11.9 Å². The highest BCUT2D eigenvalue weighted by atomic mass is 32.1. The molecule has 1 aromatic rings. The summed E-state index contributed by atoms with van der Waals surface area (Å²) in [4.78, 5) is 29.8. The molecule has 0 spiro atoms. The number of hydrogen-bond donors (Lipinski definition) is 2. The highest BCUT2D eigenvalue weighted by Gasteiger charge is 2.37. The average Bonchev–Trinajstić information content (AvgIpc) is 2.73. The zero-order chi connectivity index (χ0) is 14.9. The molecule has 20 heavy (non-hydrogen) atoms. The van der Waals surface area contributed by atoms with Crippen molar-refractivity contribution in [1.29, 1.82) is 0 Å². The van der Waals surface area contributed by atoms with Gasteiger partial charge in [-0.25, -0.2) is 9.78 Å². The Labute approximate surface area is 121 Å². The maximum Gasteiger partial charge on any atom is 0.317 e. The highest BCUT2D eigenvalue weighted by molar-refractivity contribution is 7.11. The number of likely N-dealkylation sites (tertiary alicyclic amines) is 1. The zero-order valence-electron chi connectivity index (χ0n) is 11.8. The van der Waals surface area contributed by atoms with Crippen molar-refractivity contribution in [3.63, 3.8) is 0 Å². The second-order valence-electron chi connectivity index (χ2n) is 5.27. The van der Waals surface area contributed by atoms with Crippen LogP contribution in [0, 0.1) is 18.8 Å². The van der Waals surface area contributed by atoms with Crippen LogP contribution in [0.1, 0.15) is 29.8 Å². The van der Waals surface area contributed by atoms with Gasteiger partial charge in [0.05, 0.1) is 12.0 Å². The number of nitrogens with zero attached hydrogens (tertiary/aromatic N) is 2. The largest absolute Gasteiger partial charge is 0.481 e. The molecule has 1 saturated heterocycles. The lowest BCUT2D eigenvalue weighted by Gasteiger charge is -2.41. The number of nitrogens with one attached hydrogen (secondary N) is 1. The third kappa shape index (κ3) is 3.09. The van der Waals surface area contributed by atoms with Crippen LogP contribution in [0.4, 0.5) is 4.79 Å². The van der Waals surface area contributed by atoms with Gasteiger partial charge in [-0.1, -0.05) is 6.92 Å². The van der Waals surface area contributed by atoms with Crippen molar-refractivity contribution in [3.05, 3.63) is 16.1 Å². The predicted molar refractivity (Wildman–Crippen MR) is 75.7 cm³/mol. The van der Waals surface area contributed by atoms with E-state index in [1.807, 2.05) is 13.8 Å². The summed E-state index contributed by atoms with van der Waals surface area (Å²) >= 11 is 1.56. The molecule has 0 saturated carbocycles. The van der Waals surface area contributed by atoms with Gasteiger partial charge in [-0.3, -0.25) is 4.79 Å². The minimum absolute atomic E-state index is 0.0515. The molecule has 2 N–H and O–H groups in total. The van der Waals surface area contributed by atoms with Crippen molar-refractivity contribution in [2.24, 2.45) is 11.8 Å². The molecule has 2 amide bonds. The van der Waals surface area contributed by atoms with E-state index in [9.17, 15) is 9.59 Å². The number of rotatable bonds is 4. The van der Waals surface area contributed by atoms with Crippen LogP contribution >= 0.6 is 11.3 Å². The number of urea groups is 1. The van der Waals surface area contributed by atoms with Crippen molar-refractivity contribution >= 4 is 23.3 Å². The Morgan fingerprint density at radius 3 is 2.65 bits per heavy atom. The Kier molecular flexibility index (Phi) is 4.27. The lowest BCUT2D eigenvalue weighted by Crippen LogP contribution is -2.56. The minimum Gasteiger partial charge on any atom is -0.481 e. The summed E-state index contributed by atoms with van der Waals surface area (Å²) in [5.74, 6) is -1.16. The van der Waals surface area contributed by atoms with Crippen LogP contribution in [0.3, 0.4) is 0 Å². The summed E-state index contributed by atoms with van der Waals surface area (Å²) < 4.78 is 0. The fourth-order valence-electron chi connectivity index (χ4n) is 2.11. The number of carbonyl (C=O) groups excluding carboxylic acids is 1. The summed E-state index contributed by atoms with van der Waals surface area (Å²) in [6.45, 7) is 6.56. The first-order valence-corrected chi connectivity index (χ1v) is 7.40. The number of amides is 2. The van der Waals surface area contributed by atoms with E-state index in [4.69, 9.17) is 5.11 Å². The zero-order valence-corrected chi connectivity index (χ0v) is 12.6. The van der Waals surface area contributed by atoms with E-state index in [-0.39, 0.29) is 18.0 Å². The van der Waals surface area contributed by atoms with Gasteiger partial charge in [0, 0.05) is 30.1 Å². The fraction of sp³-hybridized carbons (Fsp3) is 0.615. The first kappa shape index (κ1) is 14.8. The van der Waals surface area contributed by atoms with Crippen LogP contribution in [0.25, 0.3) is 0 Å². The van der Waals surface area contributed by atoms with Crippen LogP contribution in [0.2, 0.25) is 0 Å². The molecule has 1 aliphatic heterocycles. The number of aryl methyl sites for hydroxylation is 1. The topological polar surface area (TPSA) is 82.5 Å². The maximum atomic E-state index is 12.0. The van der Waals surface area contributed by atoms with Crippen molar-refractivity contribution in [2.45, 2.75) is 26.8 Å². The summed E-state index contributed by atoms with van der Waals surface area (Å²) in [7, 11) is 0. The van der Waals surface area contributed by atoms with Gasteiger partial charge in [0.1, 0.15) is 5.01 Å². The van der Waals surface area contributed by atoms with E-state index >= 15 is 0 Å². The van der Waals surface area contributed by atoms with Crippen molar-refractivity contribution in [3.8, 4) is 0 Å². The van der Waals surface area contributed by atoms with Crippen LogP contribution in [-0.4, -0.2) is 40.1 Å². The normalized spacial score (nSPS) is 18.2. The number of aliphatic carboxylic acids is 1. The number of hydrogen-bond acceptors (Lipinski definition) is 4. The van der Waals surface area contributed by atoms with E-state index in [1.54, 1.807) is 29.4 Å². The standard InChI is InChI=1S/C13H19N3O3S/c1-7-4-14-11(20-7)9(3)15-13(19)16-5-10(6-16)8(2)12(17)18/h4,8-10H,5-6H2,1-3H3,(H,15,19)(H,17,18). The fourth-order valence-corrected chi connectivity index (χ4v) is 2.88. The molecule has 0 radical (unpaired) electrons. The van der Waals surface area contributed by atoms with Crippen molar-refractivity contribution in [1.82, 2.24) is 15.2 Å². The molecule has 2 heterocycles. The van der Waals surface area contributed by atoms with Crippen LogP contribution in [0.5, 0.6) is 0 Å². The Balaban J connectivity index is 1.81. The molecular formula is C13H19N3O3S. The molecular weight excluding hydrogens is 278 g/mol. The number of thiazole rings is 1. The molecule has 1 fully saturated rings. The van der Waals surface area contributed by atoms with Gasteiger partial charge >= 0.3 is 12.0 Å². The van der Waals surface area contributed by atoms with Crippen LogP contribution in [-0.2, 0) is 4.79 Å². The predicted octanol–water partition coefficient (Wildman–Crippen LogP) is 1.87. The van der Waals surface area contributed by atoms with Crippen LogP contribution in [0.15, 0.2) is 6.20 Å². The lowest BCUT2D eigenvalue weighted by atomic mass is 9.87. The molecule has 1 aromatic heterocycles. The van der Waals surface area contributed by atoms with Gasteiger partial charge < -0.3 is 15.3 Å². The minimum atomic E-state index is -0.804. The molecule has 2 rings (SSSR count). The SMILES string of the molecule is Cc1cnc(C(C)NC(=O)N2CC(C(C)C(=O)O)C2)s1. The number of aromatic nitrogens is 1. The van der Waals surface area contributed by atoms with Gasteiger partial charge in [-0.15, -0.1) is 11.3 Å². The van der Waals surface area contributed by atoms with E-state index in [0.29, 0.717) is 13.1 Å². The third-order valence-electron chi connectivity index (χ3n) is 3.64. The molecule has 2 unspecified atom stereocenters. The van der Waals surface area contributed by atoms with E-state index in [2.05, 4.69) is 10.3 Å². The summed E-state index contributed by atoms with van der Waals surface area (Å²) in [5, 5.41) is 12.7. The molecule has 0 aliphatic carbocycles. The second kappa shape index (κ2) is 5.78. The monoisotopic (exact) mass is 297 g/mol. The first-order chi connectivity index (χ1) is 9.38. The summed E-state index contributed by atoms with van der Waals surface area (Å²) in [6.07, 6.45) is 1.79. The number of carbonyl (C=O) groups is 2. The molecule has 0 bridgehead atoms. The van der Waals surface area contributed by atoms with Gasteiger partial charge in [0.2, 0.25) is 0 Å². The van der Waals surface area contributed by atoms with Crippen molar-refractivity contribution < 1.29 is 14.7 Å². The number of carboxylic acid groups (broad SMARTS) is 1. The maximum absolute atomic E-state index is 12.0. The van der Waals surface area contributed by atoms with Gasteiger partial charge in [-0.05, 0) is 13.8 Å². The molecule has 0 aromatic carbocycles. The first-order valence-electron chi connectivity index (χ1n) is 6.59. The van der Waals surface area contributed by atoms with Crippen molar-refractivity contribution in [2.75, 3.05) is 13.1 Å². The highest BCUT2D eigenvalue weighted by Crippen LogP contribution is 2.25. The van der Waals surface area contributed by atoms with Gasteiger partial charge in [0.25, 0.3) is 0 Å². The molecule has 1 aliphatic rings. The molecule has 6 nitrogen and oxygen atoms in total. The van der Waals surface area contributed by atoms with Crippen LogP contribution < -0.4 is 5.32 Å². The summed E-state index contributed by atoms with van der Waals surface area (Å²) in [5.41, 5.74) is 0. The molecule has 110 valence electrons. The smallest absolute Gasteiger partial charge is 0.317 e.